The maximum atomic E-state index is 11.1. The number of hydrogen-bond donors (Lipinski definition) is 0. The van der Waals surface area contributed by atoms with E-state index in [0.29, 0.717) is 0 Å². The summed E-state index contributed by atoms with van der Waals surface area (Å²) in [5.41, 5.74) is 2.22. The molecule has 0 spiro atoms. The van der Waals surface area contributed by atoms with E-state index in [1.54, 1.807) is 12.1 Å². The molecule has 0 aliphatic heterocycles. The second-order valence-corrected chi connectivity index (χ2v) is 12.2. The second kappa shape index (κ2) is 15.5. The molecular formula is C30H34CaO6S2. The molecule has 0 saturated heterocycles. The van der Waals surface area contributed by atoms with Gasteiger partial charge in [-0.2, -0.15) is 0 Å². The molecule has 0 N–H and O–H groups in total. The van der Waals surface area contributed by atoms with Gasteiger partial charge >= 0.3 is 37.7 Å². The maximum absolute atomic E-state index is 11.1. The van der Waals surface area contributed by atoms with Crippen molar-refractivity contribution < 1.29 is 25.9 Å². The molecule has 0 unspecified atom stereocenters. The van der Waals surface area contributed by atoms with Crippen molar-refractivity contribution in [1.82, 2.24) is 0 Å². The van der Waals surface area contributed by atoms with Gasteiger partial charge in [-0.15, -0.1) is 0 Å². The average molecular weight is 595 g/mol. The fourth-order valence-electron chi connectivity index (χ4n) is 4.51. The first kappa shape index (κ1) is 33.7. The van der Waals surface area contributed by atoms with E-state index >= 15 is 0 Å². The Kier molecular flexibility index (Phi) is 13.4. The third-order valence-electron chi connectivity index (χ3n) is 6.56. The minimum Gasteiger partial charge on any atom is -0.744 e. The monoisotopic (exact) mass is 594 g/mol. The van der Waals surface area contributed by atoms with Gasteiger partial charge in [-0.05, 0) is 82.6 Å². The van der Waals surface area contributed by atoms with E-state index in [1.165, 1.54) is 24.3 Å². The van der Waals surface area contributed by atoms with Crippen molar-refractivity contribution >= 4 is 79.5 Å². The van der Waals surface area contributed by atoms with Crippen LogP contribution >= 0.6 is 0 Å². The molecule has 4 aromatic carbocycles. The van der Waals surface area contributed by atoms with Crippen LogP contribution in [0.3, 0.4) is 0 Å². The molecule has 4 aromatic rings. The van der Waals surface area contributed by atoms with E-state index in [0.717, 1.165) is 84.0 Å². The zero-order valence-corrected chi connectivity index (χ0v) is 26.4. The largest absolute Gasteiger partial charge is 2.00 e. The van der Waals surface area contributed by atoms with Gasteiger partial charge < -0.3 is 9.11 Å². The topological polar surface area (TPSA) is 114 Å². The average Bonchev–Trinajstić information content (AvgIpc) is 2.88. The molecule has 39 heavy (non-hydrogen) atoms. The number of fused-ring (bicyclic) bond motifs is 2. The summed E-state index contributed by atoms with van der Waals surface area (Å²) in [5, 5.41) is 3.69. The molecule has 0 bridgehead atoms. The van der Waals surface area contributed by atoms with Crippen LogP contribution < -0.4 is 0 Å². The van der Waals surface area contributed by atoms with Gasteiger partial charge in [0.2, 0.25) is 0 Å². The summed E-state index contributed by atoms with van der Waals surface area (Å²) in [5.74, 6) is 0. The van der Waals surface area contributed by atoms with Crippen molar-refractivity contribution in [3.05, 3.63) is 83.9 Å². The molecule has 0 radical (unpaired) electrons. The van der Waals surface area contributed by atoms with Gasteiger partial charge in [0.05, 0.1) is 9.79 Å². The molecule has 0 atom stereocenters. The molecule has 0 heterocycles. The number of unbranched alkanes of at least 4 members (excludes halogenated alkanes) is 4. The van der Waals surface area contributed by atoms with E-state index in [1.807, 2.05) is 36.4 Å². The predicted octanol–water partition coefficient (Wildman–Crippen LogP) is 6.57. The van der Waals surface area contributed by atoms with Gasteiger partial charge in [0.25, 0.3) is 0 Å². The third-order valence-corrected chi connectivity index (χ3v) is 8.23. The van der Waals surface area contributed by atoms with Crippen LogP contribution in [0.5, 0.6) is 0 Å². The maximum Gasteiger partial charge on any atom is 2.00 e. The standard InChI is InChI=1S/2C15H18O3S.Ca/c2*1-2-3-4-6-12-7-5-8-13-9-10-14(11-15(12)13)19(16,17)18;/h2*5,7-11H,2-4,6H2,1H3,(H,16,17,18);/q;;+2/p-2. The van der Waals surface area contributed by atoms with Crippen molar-refractivity contribution in [2.75, 3.05) is 0 Å². The first-order valence-electron chi connectivity index (χ1n) is 13.0. The van der Waals surface area contributed by atoms with E-state index in [-0.39, 0.29) is 47.5 Å². The van der Waals surface area contributed by atoms with E-state index < -0.39 is 20.2 Å². The van der Waals surface area contributed by atoms with Crippen LogP contribution in [-0.2, 0) is 33.1 Å². The summed E-state index contributed by atoms with van der Waals surface area (Å²) in [6, 6.07) is 20.9. The Labute approximate surface area is 262 Å². The number of aryl methyl sites for hydroxylation is 2. The molecule has 0 aromatic heterocycles. The Hall–Kier alpha value is -1.52. The van der Waals surface area contributed by atoms with Gasteiger partial charge in [-0.3, -0.25) is 0 Å². The molecule has 0 saturated carbocycles. The Morgan fingerprint density at radius 2 is 0.949 bits per heavy atom. The predicted molar refractivity (Wildman–Crippen MR) is 156 cm³/mol. The molecule has 9 heteroatoms. The van der Waals surface area contributed by atoms with Gasteiger partial charge in [-0.25, -0.2) is 16.8 Å². The summed E-state index contributed by atoms with van der Waals surface area (Å²) in [4.78, 5) is -0.300. The Morgan fingerprint density at radius 3 is 1.28 bits per heavy atom. The fraction of sp³-hybridized carbons (Fsp3) is 0.333. The SMILES string of the molecule is CCCCCc1cccc2ccc(S(=O)(=O)[O-])cc12.CCCCCc1cccc2ccc(S(=O)(=O)[O-])cc12.[Ca+2]. The van der Waals surface area contributed by atoms with Crippen LogP contribution in [0.2, 0.25) is 0 Å². The van der Waals surface area contributed by atoms with E-state index in [9.17, 15) is 25.9 Å². The normalized spacial score (nSPS) is 11.6. The molecule has 0 fully saturated rings. The molecule has 0 aliphatic rings. The van der Waals surface area contributed by atoms with Crippen molar-refractivity contribution in [2.24, 2.45) is 0 Å². The van der Waals surface area contributed by atoms with Crippen molar-refractivity contribution in [3.8, 4) is 0 Å². The van der Waals surface area contributed by atoms with Crippen molar-refractivity contribution in [2.45, 2.75) is 75.0 Å². The molecule has 4 rings (SSSR count). The Bertz CT molecular complexity index is 1480. The van der Waals surface area contributed by atoms with E-state index in [2.05, 4.69) is 13.8 Å². The van der Waals surface area contributed by atoms with Crippen LogP contribution in [0.25, 0.3) is 21.5 Å². The summed E-state index contributed by atoms with van der Waals surface area (Å²) in [6.07, 6.45) is 8.55. The minimum absolute atomic E-state index is 0. The van der Waals surface area contributed by atoms with Crippen LogP contribution in [-0.4, -0.2) is 63.7 Å². The second-order valence-electron chi connectivity index (χ2n) is 9.42. The Balaban J connectivity index is 0.000000267. The molecule has 0 aliphatic carbocycles. The smallest absolute Gasteiger partial charge is 0.744 e. The summed E-state index contributed by atoms with van der Waals surface area (Å²) in [6.45, 7) is 4.29. The quantitative estimate of drug-likeness (QED) is 0.116. The van der Waals surface area contributed by atoms with Crippen LogP contribution in [0.4, 0.5) is 0 Å². The molecular weight excluding hydrogens is 561 g/mol. The van der Waals surface area contributed by atoms with Gasteiger partial charge in [0.15, 0.2) is 0 Å². The first-order valence-corrected chi connectivity index (χ1v) is 15.8. The van der Waals surface area contributed by atoms with Crippen molar-refractivity contribution in [3.63, 3.8) is 0 Å². The summed E-state index contributed by atoms with van der Waals surface area (Å²) < 4.78 is 66.6. The van der Waals surface area contributed by atoms with Crippen molar-refractivity contribution in [1.29, 1.82) is 0 Å². The number of benzene rings is 4. The zero-order chi connectivity index (χ0) is 27.8. The fourth-order valence-corrected chi connectivity index (χ4v) is 5.50. The van der Waals surface area contributed by atoms with Gasteiger partial charge in [-0.1, -0.05) is 88.1 Å². The van der Waals surface area contributed by atoms with E-state index in [4.69, 9.17) is 0 Å². The van der Waals surface area contributed by atoms with Crippen LogP contribution in [0.15, 0.2) is 82.6 Å². The third kappa shape index (κ3) is 9.81. The summed E-state index contributed by atoms with van der Waals surface area (Å²) in [7, 11) is -8.77. The minimum atomic E-state index is -4.39. The van der Waals surface area contributed by atoms with Gasteiger partial charge in [0.1, 0.15) is 20.2 Å². The zero-order valence-electron chi connectivity index (χ0n) is 22.6. The van der Waals surface area contributed by atoms with Gasteiger partial charge in [0, 0.05) is 0 Å². The molecule has 0 amide bonds. The first-order chi connectivity index (χ1) is 18.0. The number of rotatable bonds is 10. The number of hydrogen-bond acceptors (Lipinski definition) is 6. The molecule has 6 nitrogen and oxygen atoms in total. The Morgan fingerprint density at radius 1 is 0.564 bits per heavy atom. The van der Waals surface area contributed by atoms with Crippen LogP contribution in [0, 0.1) is 0 Å². The molecule has 204 valence electrons. The van der Waals surface area contributed by atoms with Crippen LogP contribution in [0.1, 0.15) is 63.5 Å². The summed E-state index contributed by atoms with van der Waals surface area (Å²) >= 11 is 0.